The topological polar surface area (TPSA) is 167 Å². The fraction of sp³-hybridized carbons (Fsp3) is 0.250. The first kappa shape index (κ1) is 22.2. The Balaban J connectivity index is 1.65. The number of benzene rings is 1. The molecular weight excluding hydrogens is 418 g/mol. The first-order valence-corrected chi connectivity index (χ1v) is 10.7. The van der Waals surface area contributed by atoms with Crippen molar-refractivity contribution in [3.8, 4) is 0 Å². The minimum atomic E-state index is -0.456. The zero-order chi connectivity index (χ0) is 23.4. The highest BCUT2D eigenvalue weighted by atomic mass is 16.3. The summed E-state index contributed by atoms with van der Waals surface area (Å²) in [5.41, 5.74) is 14.8. The van der Waals surface area contributed by atoms with Crippen LogP contribution in [0.15, 0.2) is 60.5 Å². The van der Waals surface area contributed by atoms with Gasteiger partial charge in [-0.05, 0) is 43.0 Å². The Hall–Kier alpha value is -3.98. The molecule has 1 amide bonds. The number of allylic oxidation sites excluding steroid dienone is 2. The first-order valence-electron chi connectivity index (χ1n) is 10.7. The van der Waals surface area contributed by atoms with Crippen LogP contribution in [0.25, 0.3) is 10.9 Å². The monoisotopic (exact) mass is 445 g/mol. The molecule has 0 aliphatic heterocycles. The first-order chi connectivity index (χ1) is 15.9. The van der Waals surface area contributed by atoms with E-state index < -0.39 is 11.3 Å². The summed E-state index contributed by atoms with van der Waals surface area (Å²) in [5, 5.41) is 20.8. The van der Waals surface area contributed by atoms with Crippen LogP contribution in [0.4, 0.5) is 5.95 Å². The molecule has 2 aromatic heterocycles. The molecule has 0 spiro atoms. The molecule has 1 atom stereocenters. The van der Waals surface area contributed by atoms with Gasteiger partial charge in [-0.2, -0.15) is 0 Å². The van der Waals surface area contributed by atoms with Gasteiger partial charge in [-0.1, -0.05) is 24.3 Å². The highest BCUT2D eigenvalue weighted by Crippen LogP contribution is 2.38. The van der Waals surface area contributed by atoms with Crippen LogP contribution in [-0.2, 0) is 16.6 Å². The number of aliphatic hydroxyl groups excluding tert-OH is 1. The predicted octanol–water partition coefficient (Wildman–Crippen LogP) is 1.89. The summed E-state index contributed by atoms with van der Waals surface area (Å²) in [7, 11) is 0. The van der Waals surface area contributed by atoms with Crippen LogP contribution in [0.5, 0.6) is 0 Å². The second-order valence-corrected chi connectivity index (χ2v) is 8.13. The fourth-order valence-electron chi connectivity index (χ4n) is 4.17. The highest BCUT2D eigenvalue weighted by Gasteiger charge is 2.33. The molecule has 170 valence electrons. The number of primary amides is 1. The number of H-pyrrole nitrogens is 1. The molecule has 2 heterocycles. The van der Waals surface area contributed by atoms with Crippen LogP contribution in [0.1, 0.15) is 29.7 Å². The average Bonchev–Trinajstić information content (AvgIpc) is 3.25. The molecule has 1 aromatic carbocycles. The Morgan fingerprint density at radius 2 is 2.15 bits per heavy atom. The van der Waals surface area contributed by atoms with Gasteiger partial charge >= 0.3 is 0 Å². The van der Waals surface area contributed by atoms with Gasteiger partial charge in [0.15, 0.2) is 0 Å². The van der Waals surface area contributed by atoms with Crippen LogP contribution in [-0.4, -0.2) is 45.0 Å². The van der Waals surface area contributed by atoms with Crippen molar-refractivity contribution in [3.63, 3.8) is 0 Å². The third kappa shape index (κ3) is 4.63. The van der Waals surface area contributed by atoms with E-state index in [0.29, 0.717) is 30.1 Å². The van der Waals surface area contributed by atoms with Crippen molar-refractivity contribution in [2.24, 2.45) is 11.5 Å². The summed E-state index contributed by atoms with van der Waals surface area (Å²) >= 11 is 0. The predicted molar refractivity (Wildman–Crippen MR) is 128 cm³/mol. The maximum atomic E-state index is 11.7. The van der Waals surface area contributed by atoms with E-state index in [4.69, 9.17) is 22.0 Å². The summed E-state index contributed by atoms with van der Waals surface area (Å²) in [5.74, 6) is 0.0134. The van der Waals surface area contributed by atoms with Crippen LogP contribution in [0.3, 0.4) is 0 Å². The number of aryl methyl sites for hydroxylation is 1. The van der Waals surface area contributed by atoms with Gasteiger partial charge in [0, 0.05) is 46.4 Å². The molecule has 0 fully saturated rings. The number of fused-ring (bicyclic) bond motifs is 1. The number of carbonyl (C=O) groups excluding carboxylic acids is 1. The summed E-state index contributed by atoms with van der Waals surface area (Å²) in [6.07, 6.45) is 11.1. The maximum Gasteiger partial charge on any atom is 0.248 e. The van der Waals surface area contributed by atoms with E-state index in [1.54, 1.807) is 18.5 Å². The van der Waals surface area contributed by atoms with Crippen molar-refractivity contribution in [2.45, 2.75) is 24.7 Å². The minimum Gasteiger partial charge on any atom is -0.395 e. The van der Waals surface area contributed by atoms with Gasteiger partial charge in [0.05, 0.1) is 12.3 Å². The smallest absolute Gasteiger partial charge is 0.248 e. The minimum absolute atomic E-state index is 0.0206. The number of nitrogens with one attached hydrogen (secondary N) is 3. The number of amidine groups is 1. The van der Waals surface area contributed by atoms with E-state index in [1.807, 2.05) is 24.3 Å². The quantitative estimate of drug-likeness (QED) is 0.217. The second kappa shape index (κ2) is 9.25. The van der Waals surface area contributed by atoms with Crippen LogP contribution < -0.4 is 16.8 Å². The molecule has 9 nitrogen and oxygen atoms in total. The van der Waals surface area contributed by atoms with Crippen molar-refractivity contribution in [3.05, 3.63) is 77.3 Å². The Morgan fingerprint density at radius 1 is 1.30 bits per heavy atom. The molecule has 8 N–H and O–H groups in total. The van der Waals surface area contributed by atoms with Crippen LogP contribution in [0.2, 0.25) is 0 Å². The number of aromatic amines is 1. The molecule has 0 saturated carbocycles. The van der Waals surface area contributed by atoms with Gasteiger partial charge in [-0.15, -0.1) is 0 Å². The summed E-state index contributed by atoms with van der Waals surface area (Å²) in [6.45, 7) is 0.334. The van der Waals surface area contributed by atoms with E-state index in [1.165, 1.54) is 0 Å². The molecule has 3 aromatic rings. The molecule has 0 saturated heterocycles. The number of carbonyl (C=O) groups is 1. The van der Waals surface area contributed by atoms with E-state index >= 15 is 0 Å². The van der Waals surface area contributed by atoms with Crippen LogP contribution in [0, 0.1) is 5.41 Å². The van der Waals surface area contributed by atoms with Crippen molar-refractivity contribution >= 4 is 28.6 Å². The Morgan fingerprint density at radius 3 is 2.85 bits per heavy atom. The summed E-state index contributed by atoms with van der Waals surface area (Å²) in [4.78, 5) is 23.7. The van der Waals surface area contributed by atoms with Gasteiger partial charge in [0.1, 0.15) is 5.84 Å². The molecule has 4 rings (SSSR count). The third-order valence-electron chi connectivity index (χ3n) is 6.01. The zero-order valence-electron chi connectivity index (χ0n) is 18.1. The Labute approximate surface area is 191 Å². The van der Waals surface area contributed by atoms with Gasteiger partial charge in [-0.25, -0.2) is 9.97 Å². The number of anilines is 1. The van der Waals surface area contributed by atoms with Gasteiger partial charge in [-0.3, -0.25) is 10.2 Å². The number of nitrogen functional groups attached to an aromatic ring is 1. The molecule has 33 heavy (non-hydrogen) atoms. The largest absolute Gasteiger partial charge is 0.395 e. The lowest BCUT2D eigenvalue weighted by Gasteiger charge is -2.32. The number of hydrogen-bond acceptors (Lipinski definition) is 6. The molecule has 1 aliphatic carbocycles. The molecule has 0 radical (unpaired) electrons. The standard InChI is InChI=1S/C24H27N7O2/c25-21(26)18-14-30-19-2-1-15(13-17(18)19)3-7-24(8-4-16(5-9-24)22(27)33)20-6-10-28-23(31-20)29-11-12-32/h1-2,4-6,8,10,13-14,30,32H,3,7,9,11-12H2,(H3,25,26)(H2,27,33)(H,28,29,31). The van der Waals surface area contributed by atoms with Gasteiger partial charge < -0.3 is 26.9 Å². The SMILES string of the molecule is N=C(N)c1c[nH]c2ccc(CCC3(c4ccnc(NCCO)n4)C=CC(C(N)=O)=CC3)cc12. The number of rotatable bonds is 9. The van der Waals surface area contributed by atoms with Crippen molar-refractivity contribution in [2.75, 3.05) is 18.5 Å². The molecule has 9 heteroatoms. The van der Waals surface area contributed by atoms with Crippen molar-refractivity contribution in [1.82, 2.24) is 15.0 Å². The summed E-state index contributed by atoms with van der Waals surface area (Å²) in [6, 6.07) is 7.98. The maximum absolute atomic E-state index is 11.7. The molecule has 1 unspecified atom stereocenters. The van der Waals surface area contributed by atoms with Crippen molar-refractivity contribution in [1.29, 1.82) is 5.41 Å². The normalized spacial score (nSPS) is 17.7. The Kier molecular flexibility index (Phi) is 6.23. The van der Waals surface area contributed by atoms with E-state index in [-0.39, 0.29) is 12.4 Å². The fourth-order valence-corrected chi connectivity index (χ4v) is 4.17. The van der Waals surface area contributed by atoms with Crippen molar-refractivity contribution < 1.29 is 9.90 Å². The van der Waals surface area contributed by atoms with E-state index in [2.05, 4.69) is 32.4 Å². The highest BCUT2D eigenvalue weighted by molar-refractivity contribution is 6.07. The number of aliphatic hydroxyl groups is 1. The number of hydrogen-bond donors (Lipinski definition) is 6. The lowest BCUT2D eigenvalue weighted by Crippen LogP contribution is -2.29. The van der Waals surface area contributed by atoms with Crippen LogP contribution >= 0.6 is 0 Å². The van der Waals surface area contributed by atoms with E-state index in [9.17, 15) is 4.79 Å². The average molecular weight is 446 g/mol. The van der Waals surface area contributed by atoms with E-state index in [0.717, 1.165) is 35.0 Å². The lowest BCUT2D eigenvalue weighted by atomic mass is 9.73. The molecule has 1 aliphatic rings. The lowest BCUT2D eigenvalue weighted by molar-refractivity contribution is -0.114. The molecule has 0 bridgehead atoms. The summed E-state index contributed by atoms with van der Waals surface area (Å²) < 4.78 is 0. The number of nitrogens with two attached hydrogens (primary N) is 2. The number of aromatic nitrogens is 3. The third-order valence-corrected chi connectivity index (χ3v) is 6.01. The number of amides is 1. The zero-order valence-corrected chi connectivity index (χ0v) is 18.1. The Bertz CT molecular complexity index is 1260. The van der Waals surface area contributed by atoms with Gasteiger partial charge in [0.2, 0.25) is 11.9 Å². The number of nitrogens with zero attached hydrogens (tertiary/aromatic N) is 2. The van der Waals surface area contributed by atoms with Gasteiger partial charge in [0.25, 0.3) is 0 Å². The molecular formula is C24H27N7O2. The second-order valence-electron chi connectivity index (χ2n) is 8.13.